The van der Waals surface area contributed by atoms with E-state index in [1.165, 1.54) is 30.3 Å². The van der Waals surface area contributed by atoms with Crippen LogP contribution >= 0.6 is 11.6 Å². The highest BCUT2D eigenvalue weighted by Gasteiger charge is 2.09. The van der Waals surface area contributed by atoms with Gasteiger partial charge in [-0.1, -0.05) is 11.6 Å². The van der Waals surface area contributed by atoms with E-state index in [4.69, 9.17) is 17.3 Å². The number of benzene rings is 2. The van der Waals surface area contributed by atoms with Crippen molar-refractivity contribution in [3.8, 4) is 5.75 Å². The van der Waals surface area contributed by atoms with Gasteiger partial charge in [0.1, 0.15) is 5.75 Å². The first-order chi connectivity index (χ1) is 9.95. The van der Waals surface area contributed by atoms with Crippen LogP contribution in [0, 0.1) is 0 Å². The minimum absolute atomic E-state index is 0.0164. The van der Waals surface area contributed by atoms with Crippen molar-refractivity contribution in [2.24, 2.45) is 0 Å². The molecule has 0 saturated heterocycles. The summed E-state index contributed by atoms with van der Waals surface area (Å²) in [7, 11) is 0. The van der Waals surface area contributed by atoms with E-state index in [-0.39, 0.29) is 5.75 Å². The largest absolute Gasteiger partial charge is 0.435 e. The number of nitrogens with one attached hydrogen (secondary N) is 1. The molecule has 21 heavy (non-hydrogen) atoms. The van der Waals surface area contributed by atoms with Gasteiger partial charge in [0.2, 0.25) is 0 Å². The van der Waals surface area contributed by atoms with Crippen molar-refractivity contribution in [3.63, 3.8) is 0 Å². The molecule has 3 N–H and O–H groups in total. The van der Waals surface area contributed by atoms with Gasteiger partial charge in [0.25, 0.3) is 5.91 Å². The summed E-state index contributed by atoms with van der Waals surface area (Å²) in [5.41, 5.74) is 6.75. The highest BCUT2D eigenvalue weighted by molar-refractivity contribution is 6.33. The lowest BCUT2D eigenvalue weighted by Crippen LogP contribution is -2.12. The number of carbonyl (C=O) groups is 1. The molecule has 0 bridgehead atoms. The molecule has 0 aliphatic rings. The maximum Gasteiger partial charge on any atom is 0.387 e. The number of alkyl halides is 2. The van der Waals surface area contributed by atoms with Crippen LogP contribution in [0.15, 0.2) is 42.5 Å². The van der Waals surface area contributed by atoms with E-state index in [0.717, 1.165) is 0 Å². The van der Waals surface area contributed by atoms with E-state index in [1.54, 1.807) is 12.1 Å². The minimum Gasteiger partial charge on any atom is -0.435 e. The Hall–Kier alpha value is -2.34. The molecule has 7 heteroatoms. The van der Waals surface area contributed by atoms with Crippen LogP contribution in [0.5, 0.6) is 5.75 Å². The summed E-state index contributed by atoms with van der Waals surface area (Å²) in [6.07, 6.45) is 0. The van der Waals surface area contributed by atoms with Gasteiger partial charge in [0.05, 0.1) is 10.7 Å². The number of anilines is 2. The van der Waals surface area contributed by atoms with Crippen LogP contribution in [-0.4, -0.2) is 12.5 Å². The van der Waals surface area contributed by atoms with Crippen LogP contribution in [-0.2, 0) is 0 Å². The van der Waals surface area contributed by atoms with Crippen molar-refractivity contribution in [2.75, 3.05) is 11.1 Å². The molecule has 0 aliphatic carbocycles. The summed E-state index contributed by atoms with van der Waals surface area (Å²) in [4.78, 5) is 12.0. The predicted molar refractivity (Wildman–Crippen MR) is 76.9 cm³/mol. The fourth-order valence-corrected chi connectivity index (χ4v) is 1.73. The molecular weight excluding hydrogens is 302 g/mol. The monoisotopic (exact) mass is 312 g/mol. The molecule has 0 spiro atoms. The van der Waals surface area contributed by atoms with E-state index < -0.39 is 12.5 Å². The van der Waals surface area contributed by atoms with Crippen molar-refractivity contribution in [1.82, 2.24) is 0 Å². The second-order valence-electron chi connectivity index (χ2n) is 4.09. The molecule has 1 amide bonds. The Balaban J connectivity index is 2.07. The van der Waals surface area contributed by atoms with E-state index in [9.17, 15) is 13.6 Å². The van der Waals surface area contributed by atoms with Crippen LogP contribution < -0.4 is 15.8 Å². The average Bonchev–Trinajstić information content (AvgIpc) is 2.43. The molecule has 0 unspecified atom stereocenters. The van der Waals surface area contributed by atoms with Gasteiger partial charge in [-0.15, -0.1) is 0 Å². The van der Waals surface area contributed by atoms with E-state index >= 15 is 0 Å². The van der Waals surface area contributed by atoms with E-state index in [1.807, 2.05) is 0 Å². The summed E-state index contributed by atoms with van der Waals surface area (Å²) in [6, 6.07) is 10.0. The Labute approximate surface area is 124 Å². The normalized spacial score (nSPS) is 10.5. The van der Waals surface area contributed by atoms with Crippen LogP contribution in [0.2, 0.25) is 5.02 Å². The number of hydrogen-bond donors (Lipinski definition) is 2. The van der Waals surface area contributed by atoms with Crippen molar-refractivity contribution in [2.45, 2.75) is 6.61 Å². The van der Waals surface area contributed by atoms with Gasteiger partial charge >= 0.3 is 6.61 Å². The first-order valence-corrected chi connectivity index (χ1v) is 6.25. The fraction of sp³-hybridized carbons (Fsp3) is 0.0714. The third-order valence-corrected chi connectivity index (χ3v) is 2.94. The number of halogens is 3. The third kappa shape index (κ3) is 4.06. The van der Waals surface area contributed by atoms with Crippen molar-refractivity contribution in [1.29, 1.82) is 0 Å². The third-order valence-electron chi connectivity index (χ3n) is 2.60. The topological polar surface area (TPSA) is 64.3 Å². The lowest BCUT2D eigenvalue weighted by molar-refractivity contribution is -0.0498. The molecule has 0 aliphatic heterocycles. The highest BCUT2D eigenvalue weighted by atomic mass is 35.5. The van der Waals surface area contributed by atoms with Crippen LogP contribution in [0.1, 0.15) is 10.4 Å². The number of amides is 1. The second-order valence-corrected chi connectivity index (χ2v) is 4.50. The Bertz CT molecular complexity index is 648. The summed E-state index contributed by atoms with van der Waals surface area (Å²) < 4.78 is 28.2. The number of hydrogen-bond acceptors (Lipinski definition) is 3. The maximum atomic E-state index is 12.0. The van der Waals surface area contributed by atoms with Crippen molar-refractivity contribution >= 4 is 28.9 Å². The minimum atomic E-state index is -2.90. The van der Waals surface area contributed by atoms with Crippen LogP contribution in [0.3, 0.4) is 0 Å². The Kier molecular flexibility index (Phi) is 4.59. The van der Waals surface area contributed by atoms with Gasteiger partial charge in [-0.2, -0.15) is 8.78 Å². The highest BCUT2D eigenvalue weighted by Crippen LogP contribution is 2.23. The molecule has 2 aromatic carbocycles. The number of rotatable bonds is 4. The predicted octanol–water partition coefficient (Wildman–Crippen LogP) is 3.78. The Morgan fingerprint density at radius 1 is 1.19 bits per heavy atom. The Morgan fingerprint density at radius 2 is 1.86 bits per heavy atom. The summed E-state index contributed by atoms with van der Waals surface area (Å²) >= 11 is 5.78. The summed E-state index contributed by atoms with van der Waals surface area (Å²) in [5.74, 6) is -0.419. The second kappa shape index (κ2) is 6.41. The molecule has 0 aromatic heterocycles. The molecule has 4 nitrogen and oxygen atoms in total. The lowest BCUT2D eigenvalue weighted by Gasteiger charge is -2.08. The molecule has 2 aromatic rings. The van der Waals surface area contributed by atoms with Gasteiger partial charge in [-0.05, 0) is 42.5 Å². The SMILES string of the molecule is Nc1cc(NC(=O)c2ccc(OC(F)F)cc2)ccc1Cl. The van der Waals surface area contributed by atoms with Gasteiger partial charge in [-0.3, -0.25) is 4.79 Å². The molecule has 2 rings (SSSR count). The molecule has 0 fully saturated rings. The zero-order valence-electron chi connectivity index (χ0n) is 10.6. The van der Waals surface area contributed by atoms with Crippen molar-refractivity contribution in [3.05, 3.63) is 53.1 Å². The zero-order valence-corrected chi connectivity index (χ0v) is 11.4. The smallest absolute Gasteiger partial charge is 0.387 e. The lowest BCUT2D eigenvalue weighted by atomic mass is 10.2. The summed E-state index contributed by atoms with van der Waals surface area (Å²) in [6.45, 7) is -2.90. The number of carbonyl (C=O) groups excluding carboxylic acids is 1. The molecular formula is C14H11ClF2N2O2. The average molecular weight is 313 g/mol. The summed E-state index contributed by atoms with van der Waals surface area (Å²) in [5, 5.41) is 3.01. The zero-order chi connectivity index (χ0) is 15.4. The van der Waals surface area contributed by atoms with Gasteiger partial charge < -0.3 is 15.8 Å². The maximum absolute atomic E-state index is 12.0. The van der Waals surface area contributed by atoms with Gasteiger partial charge in [-0.25, -0.2) is 0 Å². The quantitative estimate of drug-likeness (QED) is 0.845. The van der Waals surface area contributed by atoms with E-state index in [0.29, 0.717) is 22.0 Å². The number of nitrogens with two attached hydrogens (primary N) is 1. The number of nitrogen functional groups attached to an aromatic ring is 1. The molecule has 0 heterocycles. The van der Waals surface area contributed by atoms with Crippen LogP contribution in [0.25, 0.3) is 0 Å². The van der Waals surface area contributed by atoms with Crippen LogP contribution in [0.4, 0.5) is 20.2 Å². The number of ether oxygens (including phenoxy) is 1. The molecule has 0 saturated carbocycles. The first-order valence-electron chi connectivity index (χ1n) is 5.87. The standard InChI is InChI=1S/C14H11ClF2N2O2/c15-11-6-3-9(7-12(11)18)19-13(20)8-1-4-10(5-2-8)21-14(16)17/h1-7,14H,18H2,(H,19,20). The molecule has 0 radical (unpaired) electrons. The Morgan fingerprint density at radius 3 is 2.43 bits per heavy atom. The molecule has 0 atom stereocenters. The van der Waals surface area contributed by atoms with E-state index in [2.05, 4.69) is 10.1 Å². The van der Waals surface area contributed by atoms with Crippen molar-refractivity contribution < 1.29 is 18.3 Å². The first kappa shape index (κ1) is 15.1. The molecule has 110 valence electrons. The van der Waals surface area contributed by atoms with Gasteiger partial charge in [0, 0.05) is 11.3 Å². The fourth-order valence-electron chi connectivity index (χ4n) is 1.61. The van der Waals surface area contributed by atoms with Gasteiger partial charge in [0.15, 0.2) is 0 Å².